The molecule has 2 aliphatic rings. The first-order valence-electron chi connectivity index (χ1n) is 10.5. The zero-order valence-electron chi connectivity index (χ0n) is 17.0. The number of hydrogen-bond acceptors (Lipinski definition) is 5. The maximum absolute atomic E-state index is 12.7. The predicted molar refractivity (Wildman–Crippen MR) is 112 cm³/mol. The van der Waals surface area contributed by atoms with E-state index in [1.807, 2.05) is 0 Å². The van der Waals surface area contributed by atoms with Crippen LogP contribution in [0.5, 0.6) is 0 Å². The summed E-state index contributed by atoms with van der Waals surface area (Å²) in [5.74, 6) is -0.227. The number of carbonyl (C=O) groups excluding carboxylic acids is 1. The van der Waals surface area contributed by atoms with Crippen LogP contribution < -0.4 is 11.1 Å². The highest BCUT2D eigenvalue weighted by atomic mass is 16.3. The fraction of sp³-hybridized carbons (Fsp3) is 0.500. The van der Waals surface area contributed by atoms with Gasteiger partial charge in [0.05, 0.1) is 5.60 Å². The maximum Gasteiger partial charge on any atom is 0.265 e. The third kappa shape index (κ3) is 4.71. The normalized spacial score (nSPS) is 22.4. The van der Waals surface area contributed by atoms with E-state index in [0.717, 1.165) is 36.3 Å². The van der Waals surface area contributed by atoms with Crippen molar-refractivity contribution < 1.29 is 9.90 Å². The lowest BCUT2D eigenvalue weighted by molar-refractivity contribution is -0.132. The molecule has 2 N–H and O–H groups in total. The molecule has 1 atom stereocenters. The summed E-state index contributed by atoms with van der Waals surface area (Å²) in [5.41, 5.74) is 1.03. The summed E-state index contributed by atoms with van der Waals surface area (Å²) in [5, 5.41) is 13.6. The Morgan fingerprint density at radius 2 is 1.83 bits per heavy atom. The minimum atomic E-state index is -0.834. The number of fused-ring (bicyclic) bond motifs is 1. The van der Waals surface area contributed by atoms with E-state index >= 15 is 0 Å². The number of aromatic amines is 1. The van der Waals surface area contributed by atoms with Crippen molar-refractivity contribution in [1.82, 2.24) is 19.6 Å². The number of nitrogens with one attached hydrogen (secondary N) is 1. The monoisotopic (exact) mass is 412 g/mol. The number of β-amino-alcohol motifs (C(OH)–C–C–N with tert-alkyl or cyclic N) is 1. The first-order valence-corrected chi connectivity index (χ1v) is 10.5. The lowest BCUT2D eigenvalue weighted by Crippen LogP contribution is -2.46. The Morgan fingerprint density at radius 1 is 1.03 bits per heavy atom. The first kappa shape index (κ1) is 20.6. The van der Waals surface area contributed by atoms with Gasteiger partial charge in [0.25, 0.3) is 11.1 Å². The molecule has 160 valence electrons. The smallest absolute Gasteiger partial charge is 0.265 e. The molecule has 8 nitrogen and oxygen atoms in total. The van der Waals surface area contributed by atoms with Crippen LogP contribution in [0.3, 0.4) is 0 Å². The number of H-pyrrole nitrogens is 1. The molecular formula is C22H28N4O4. The second-order valence-corrected chi connectivity index (χ2v) is 8.42. The van der Waals surface area contributed by atoms with Crippen molar-refractivity contribution in [2.75, 3.05) is 26.2 Å². The predicted octanol–water partition coefficient (Wildman–Crippen LogP) is 0.339. The molecule has 2 aromatic rings. The molecule has 0 spiro atoms. The van der Waals surface area contributed by atoms with E-state index in [0.29, 0.717) is 38.9 Å². The fourth-order valence-corrected chi connectivity index (χ4v) is 4.51. The van der Waals surface area contributed by atoms with Crippen LogP contribution >= 0.6 is 0 Å². The quantitative estimate of drug-likeness (QED) is 0.755. The number of rotatable bonds is 4. The van der Waals surface area contributed by atoms with Crippen molar-refractivity contribution in [3.05, 3.63) is 68.2 Å². The van der Waals surface area contributed by atoms with E-state index in [9.17, 15) is 19.5 Å². The van der Waals surface area contributed by atoms with Gasteiger partial charge in [0.15, 0.2) is 0 Å². The standard InChI is InChI=1S/C22H28N4O4/c27-19-6-7-20(28)26(23-19)15-21(29)25-11-3-9-22(30,10-13-25)16-24-12-8-17-4-1-2-5-18(17)14-24/h1-2,4-7,30H,3,8-16H2,(H,23,27)/t22-/m0/s1. The fourth-order valence-electron chi connectivity index (χ4n) is 4.51. The van der Waals surface area contributed by atoms with Crippen LogP contribution in [0, 0.1) is 0 Å². The molecule has 0 aliphatic carbocycles. The molecular weight excluding hydrogens is 384 g/mol. The number of amides is 1. The Morgan fingerprint density at radius 3 is 2.67 bits per heavy atom. The lowest BCUT2D eigenvalue weighted by Gasteiger charge is -2.36. The van der Waals surface area contributed by atoms with Gasteiger partial charge in [-0.3, -0.25) is 24.4 Å². The summed E-state index contributed by atoms with van der Waals surface area (Å²) >= 11 is 0. The molecule has 3 heterocycles. The van der Waals surface area contributed by atoms with Crippen molar-refractivity contribution >= 4 is 5.91 Å². The topological polar surface area (TPSA) is 98.6 Å². The van der Waals surface area contributed by atoms with E-state index in [1.165, 1.54) is 11.1 Å². The van der Waals surface area contributed by atoms with Gasteiger partial charge in [-0.15, -0.1) is 0 Å². The van der Waals surface area contributed by atoms with E-state index in [-0.39, 0.29) is 12.5 Å². The van der Waals surface area contributed by atoms with Crippen molar-refractivity contribution in [3.63, 3.8) is 0 Å². The van der Waals surface area contributed by atoms with Gasteiger partial charge in [-0.25, -0.2) is 4.68 Å². The van der Waals surface area contributed by atoms with E-state index in [1.54, 1.807) is 4.90 Å². The number of carbonyl (C=O) groups is 1. The number of aliphatic hydroxyl groups is 1. The average Bonchev–Trinajstić information content (AvgIpc) is 2.92. The molecule has 1 aromatic carbocycles. The molecule has 0 bridgehead atoms. The summed E-state index contributed by atoms with van der Waals surface area (Å²) in [7, 11) is 0. The minimum Gasteiger partial charge on any atom is -0.388 e. The highest BCUT2D eigenvalue weighted by molar-refractivity contribution is 5.75. The SMILES string of the molecule is O=C(Cn1[nH]c(=O)ccc1=O)N1CCC[C@@](O)(CN2CCc3ccccc3C2)CC1. The third-order valence-electron chi connectivity index (χ3n) is 6.18. The van der Waals surface area contributed by atoms with Crippen molar-refractivity contribution in [1.29, 1.82) is 0 Å². The number of likely N-dealkylation sites (tertiary alicyclic amines) is 1. The third-order valence-corrected chi connectivity index (χ3v) is 6.18. The summed E-state index contributed by atoms with van der Waals surface area (Å²) in [6, 6.07) is 10.7. The largest absolute Gasteiger partial charge is 0.388 e. The molecule has 1 aromatic heterocycles. The van der Waals surface area contributed by atoms with Gasteiger partial charge >= 0.3 is 0 Å². The molecule has 2 aliphatic heterocycles. The Kier molecular flexibility index (Phi) is 5.87. The second-order valence-electron chi connectivity index (χ2n) is 8.42. The van der Waals surface area contributed by atoms with Gasteiger partial charge in [-0.2, -0.15) is 0 Å². The summed E-state index contributed by atoms with van der Waals surface area (Å²) in [6.07, 6.45) is 2.82. The van der Waals surface area contributed by atoms with Crippen LogP contribution in [0.25, 0.3) is 0 Å². The van der Waals surface area contributed by atoms with E-state index in [2.05, 4.69) is 34.3 Å². The van der Waals surface area contributed by atoms with Crippen LogP contribution in [0.15, 0.2) is 46.0 Å². The minimum absolute atomic E-state index is 0.198. The Hall–Kier alpha value is -2.71. The first-order chi connectivity index (χ1) is 14.4. The molecule has 8 heteroatoms. The zero-order chi connectivity index (χ0) is 21.1. The van der Waals surface area contributed by atoms with Crippen molar-refractivity contribution in [2.24, 2.45) is 0 Å². The van der Waals surface area contributed by atoms with Gasteiger partial charge in [0.1, 0.15) is 6.54 Å². The van der Waals surface area contributed by atoms with Crippen LogP contribution in [0.2, 0.25) is 0 Å². The Balaban J connectivity index is 1.36. The highest BCUT2D eigenvalue weighted by Crippen LogP contribution is 2.27. The van der Waals surface area contributed by atoms with Gasteiger partial charge in [-0.1, -0.05) is 24.3 Å². The molecule has 1 fully saturated rings. The molecule has 30 heavy (non-hydrogen) atoms. The number of nitrogens with zero attached hydrogens (tertiary/aromatic N) is 3. The number of benzene rings is 1. The highest BCUT2D eigenvalue weighted by Gasteiger charge is 2.34. The lowest BCUT2D eigenvalue weighted by atomic mass is 9.92. The number of hydrogen-bond donors (Lipinski definition) is 2. The van der Waals surface area contributed by atoms with Crippen LogP contribution in [-0.4, -0.2) is 62.4 Å². The average molecular weight is 412 g/mol. The molecule has 4 rings (SSSR count). The van der Waals surface area contributed by atoms with Gasteiger partial charge < -0.3 is 10.0 Å². The maximum atomic E-state index is 12.7. The van der Waals surface area contributed by atoms with Crippen LogP contribution in [0.4, 0.5) is 0 Å². The second kappa shape index (κ2) is 8.57. The summed E-state index contributed by atoms with van der Waals surface area (Å²) in [4.78, 5) is 39.9. The molecule has 0 radical (unpaired) electrons. The number of aromatic nitrogens is 2. The van der Waals surface area contributed by atoms with Crippen molar-refractivity contribution in [2.45, 2.75) is 44.4 Å². The Labute approximate surface area is 174 Å². The Bertz CT molecular complexity index is 1030. The molecule has 0 unspecified atom stereocenters. The van der Waals surface area contributed by atoms with Crippen LogP contribution in [-0.2, 0) is 24.3 Å². The zero-order valence-corrected chi connectivity index (χ0v) is 17.0. The summed E-state index contributed by atoms with van der Waals surface area (Å²) < 4.78 is 1.03. The van der Waals surface area contributed by atoms with Gasteiger partial charge in [0, 0.05) is 44.9 Å². The molecule has 1 amide bonds. The van der Waals surface area contributed by atoms with E-state index in [4.69, 9.17) is 0 Å². The van der Waals surface area contributed by atoms with E-state index < -0.39 is 16.7 Å². The molecule has 0 saturated carbocycles. The summed E-state index contributed by atoms with van der Waals surface area (Å²) in [6.45, 7) is 3.13. The van der Waals surface area contributed by atoms with Gasteiger partial charge in [-0.05, 0) is 36.8 Å². The van der Waals surface area contributed by atoms with Crippen molar-refractivity contribution in [3.8, 4) is 0 Å². The van der Waals surface area contributed by atoms with Gasteiger partial charge in [0.2, 0.25) is 5.91 Å². The molecule has 1 saturated heterocycles. The van der Waals surface area contributed by atoms with Crippen LogP contribution in [0.1, 0.15) is 30.4 Å².